The fourth-order valence-corrected chi connectivity index (χ4v) is 2.51. The van der Waals surface area contributed by atoms with Crippen LogP contribution in [0.4, 0.5) is 0 Å². The van der Waals surface area contributed by atoms with Crippen LogP contribution in [0.5, 0.6) is 0 Å². The van der Waals surface area contributed by atoms with Gasteiger partial charge in [-0.05, 0) is 19.8 Å². The summed E-state index contributed by atoms with van der Waals surface area (Å²) < 4.78 is 1.93. The molecule has 0 aromatic rings. The summed E-state index contributed by atoms with van der Waals surface area (Å²) in [5.74, 6) is -0.809. The molecule has 0 saturated heterocycles. The predicted molar refractivity (Wildman–Crippen MR) is 70.6 cm³/mol. The molecule has 1 aliphatic rings. The first-order chi connectivity index (χ1) is 8.66. The summed E-state index contributed by atoms with van der Waals surface area (Å²) >= 11 is 0. The molecule has 104 valence electrons. The SMILES string of the molecule is CCCCCCCCC(C)[N+]1=C(C(=O)[O-])NCC1. The van der Waals surface area contributed by atoms with Crippen molar-refractivity contribution in [2.24, 2.45) is 0 Å². The van der Waals surface area contributed by atoms with E-state index in [9.17, 15) is 9.90 Å². The minimum absolute atomic E-state index is 0.272. The first-order valence-corrected chi connectivity index (χ1v) is 7.25. The third kappa shape index (κ3) is 4.67. The Bertz CT molecular complexity index is 300. The second-order valence-corrected chi connectivity index (χ2v) is 5.16. The summed E-state index contributed by atoms with van der Waals surface area (Å²) in [5, 5.41) is 13.8. The zero-order valence-corrected chi connectivity index (χ0v) is 11.7. The largest absolute Gasteiger partial charge is 0.538 e. The van der Waals surface area contributed by atoms with Gasteiger partial charge in [0.25, 0.3) is 5.84 Å². The van der Waals surface area contributed by atoms with Crippen LogP contribution in [0.3, 0.4) is 0 Å². The molecule has 0 saturated carbocycles. The number of carboxylic acids is 1. The van der Waals surface area contributed by atoms with Crippen LogP contribution >= 0.6 is 0 Å². The summed E-state index contributed by atoms with van der Waals surface area (Å²) in [6, 6.07) is 0.291. The van der Waals surface area contributed by atoms with Gasteiger partial charge in [0.2, 0.25) is 0 Å². The van der Waals surface area contributed by atoms with E-state index in [4.69, 9.17) is 0 Å². The summed E-state index contributed by atoms with van der Waals surface area (Å²) in [6.45, 7) is 5.81. The monoisotopic (exact) mass is 254 g/mol. The Hall–Kier alpha value is -1.06. The van der Waals surface area contributed by atoms with Crippen LogP contribution in [0, 0.1) is 0 Å². The lowest BCUT2D eigenvalue weighted by atomic mass is 10.1. The van der Waals surface area contributed by atoms with Gasteiger partial charge < -0.3 is 9.90 Å². The molecule has 0 aliphatic carbocycles. The van der Waals surface area contributed by atoms with Crippen molar-refractivity contribution in [3.05, 3.63) is 0 Å². The van der Waals surface area contributed by atoms with Crippen LogP contribution in [0.1, 0.15) is 58.8 Å². The van der Waals surface area contributed by atoms with E-state index in [2.05, 4.69) is 19.2 Å². The quantitative estimate of drug-likeness (QED) is 0.491. The molecule has 1 heterocycles. The summed E-state index contributed by atoms with van der Waals surface area (Å²) in [5.41, 5.74) is 0. The van der Waals surface area contributed by atoms with Crippen molar-refractivity contribution in [1.29, 1.82) is 0 Å². The zero-order chi connectivity index (χ0) is 13.4. The topological polar surface area (TPSA) is 55.2 Å². The second kappa shape index (κ2) is 8.11. The minimum atomic E-state index is -1.08. The van der Waals surface area contributed by atoms with E-state index < -0.39 is 5.97 Å². The maximum Gasteiger partial charge on any atom is 0.293 e. The lowest BCUT2D eigenvalue weighted by Gasteiger charge is -2.13. The number of nitrogens with one attached hydrogen (secondary N) is 1. The Balaban J connectivity index is 2.26. The summed E-state index contributed by atoms with van der Waals surface area (Å²) in [6.07, 6.45) is 8.73. The van der Waals surface area contributed by atoms with Crippen molar-refractivity contribution < 1.29 is 14.5 Å². The highest BCUT2D eigenvalue weighted by Crippen LogP contribution is 2.11. The van der Waals surface area contributed by atoms with Crippen molar-refractivity contribution in [2.75, 3.05) is 13.1 Å². The summed E-state index contributed by atoms with van der Waals surface area (Å²) in [7, 11) is 0. The Morgan fingerprint density at radius 3 is 2.67 bits per heavy atom. The predicted octanol–water partition coefficient (Wildman–Crippen LogP) is 0.890. The molecular formula is C14H26N2O2. The molecular weight excluding hydrogens is 228 g/mol. The number of rotatable bonds is 9. The highest BCUT2D eigenvalue weighted by Gasteiger charge is 2.25. The highest BCUT2D eigenvalue weighted by molar-refractivity contribution is 6.31. The van der Waals surface area contributed by atoms with Crippen LogP contribution < -0.4 is 10.4 Å². The van der Waals surface area contributed by atoms with Crippen LogP contribution in [0.25, 0.3) is 0 Å². The average Bonchev–Trinajstić information content (AvgIpc) is 2.82. The van der Waals surface area contributed by atoms with Gasteiger partial charge in [0, 0.05) is 0 Å². The number of carboxylic acid groups (broad SMARTS) is 1. The van der Waals surface area contributed by atoms with E-state index in [1.807, 2.05) is 4.58 Å². The summed E-state index contributed by atoms with van der Waals surface area (Å²) in [4.78, 5) is 10.9. The molecule has 1 N–H and O–H groups in total. The average molecular weight is 254 g/mol. The fourth-order valence-electron chi connectivity index (χ4n) is 2.51. The molecule has 0 fully saturated rings. The van der Waals surface area contributed by atoms with Gasteiger partial charge in [-0.25, -0.2) is 0 Å². The Morgan fingerprint density at radius 1 is 1.33 bits per heavy atom. The van der Waals surface area contributed by atoms with E-state index in [-0.39, 0.29) is 5.84 Å². The number of nitrogens with zero attached hydrogens (tertiary/aromatic N) is 1. The molecule has 0 spiro atoms. The lowest BCUT2D eigenvalue weighted by molar-refractivity contribution is -0.555. The fraction of sp³-hybridized carbons (Fsp3) is 0.857. The maximum atomic E-state index is 10.9. The van der Waals surface area contributed by atoms with E-state index in [1.165, 1.54) is 38.5 Å². The van der Waals surface area contributed by atoms with Gasteiger partial charge in [-0.3, -0.25) is 9.89 Å². The first kappa shape index (κ1) is 15.0. The van der Waals surface area contributed by atoms with Crippen LogP contribution in [-0.4, -0.2) is 35.5 Å². The molecule has 4 nitrogen and oxygen atoms in total. The van der Waals surface area contributed by atoms with Gasteiger partial charge in [0.1, 0.15) is 13.1 Å². The number of unbranched alkanes of at least 4 members (excludes halogenated alkanes) is 5. The molecule has 0 bridgehead atoms. The molecule has 1 unspecified atom stereocenters. The van der Waals surface area contributed by atoms with Crippen molar-refractivity contribution in [2.45, 2.75) is 64.8 Å². The van der Waals surface area contributed by atoms with Gasteiger partial charge >= 0.3 is 0 Å². The number of hydrogen-bond acceptors (Lipinski definition) is 3. The number of carbonyl (C=O) groups excluding carboxylic acids is 1. The zero-order valence-electron chi connectivity index (χ0n) is 11.7. The third-order valence-electron chi connectivity index (χ3n) is 3.63. The van der Waals surface area contributed by atoms with Gasteiger partial charge in [-0.15, -0.1) is 0 Å². The van der Waals surface area contributed by atoms with Crippen molar-refractivity contribution in [3.63, 3.8) is 0 Å². The van der Waals surface area contributed by atoms with Gasteiger partial charge in [0.05, 0.1) is 6.04 Å². The first-order valence-electron chi connectivity index (χ1n) is 7.25. The van der Waals surface area contributed by atoms with E-state index >= 15 is 0 Å². The molecule has 1 atom stereocenters. The molecule has 4 heteroatoms. The van der Waals surface area contributed by atoms with E-state index in [1.54, 1.807) is 0 Å². The van der Waals surface area contributed by atoms with Crippen LogP contribution in [0.2, 0.25) is 0 Å². The number of amidine groups is 1. The molecule has 1 aliphatic heterocycles. The molecule has 0 aromatic carbocycles. The normalized spacial score (nSPS) is 16.8. The molecule has 0 amide bonds. The molecule has 1 rings (SSSR count). The third-order valence-corrected chi connectivity index (χ3v) is 3.63. The maximum absolute atomic E-state index is 10.9. The minimum Gasteiger partial charge on any atom is -0.538 e. The van der Waals surface area contributed by atoms with Gasteiger partial charge in [-0.2, -0.15) is 0 Å². The van der Waals surface area contributed by atoms with Crippen molar-refractivity contribution in [1.82, 2.24) is 5.32 Å². The number of aliphatic carboxylic acids is 1. The van der Waals surface area contributed by atoms with Crippen LogP contribution in [-0.2, 0) is 4.79 Å². The standard InChI is InChI=1S/C14H26N2O2/c1-3-4-5-6-7-8-9-12(2)16-11-10-15-13(16)14(17)18/h12H,3-11H2,1-2H3,(H,17,18). The van der Waals surface area contributed by atoms with Gasteiger partial charge in [-0.1, -0.05) is 39.0 Å². The van der Waals surface area contributed by atoms with Crippen molar-refractivity contribution in [3.8, 4) is 0 Å². The van der Waals surface area contributed by atoms with E-state index in [0.29, 0.717) is 12.6 Å². The van der Waals surface area contributed by atoms with Crippen LogP contribution in [0.15, 0.2) is 0 Å². The van der Waals surface area contributed by atoms with E-state index in [0.717, 1.165) is 13.0 Å². The number of hydrogen-bond donors (Lipinski definition) is 1. The lowest BCUT2D eigenvalue weighted by Crippen LogP contribution is -2.43. The Labute approximate surface area is 110 Å². The number of carbonyl (C=O) groups is 1. The molecule has 0 aromatic heterocycles. The highest BCUT2D eigenvalue weighted by atomic mass is 16.4. The second-order valence-electron chi connectivity index (χ2n) is 5.16. The molecule has 18 heavy (non-hydrogen) atoms. The van der Waals surface area contributed by atoms with Crippen molar-refractivity contribution >= 4 is 11.8 Å². The molecule has 0 radical (unpaired) electrons. The Morgan fingerprint density at radius 2 is 2.00 bits per heavy atom. The Kier molecular flexibility index (Phi) is 6.76. The smallest absolute Gasteiger partial charge is 0.293 e. The van der Waals surface area contributed by atoms with Gasteiger partial charge in [0.15, 0.2) is 5.97 Å².